The van der Waals surface area contributed by atoms with Crippen LogP contribution in [0.1, 0.15) is 42.1 Å². The van der Waals surface area contributed by atoms with Crippen molar-refractivity contribution >= 4 is 23.2 Å². The van der Waals surface area contributed by atoms with E-state index in [1.807, 2.05) is 18.2 Å². The first-order valence-corrected chi connectivity index (χ1v) is 9.65. The van der Waals surface area contributed by atoms with Crippen LogP contribution in [0.2, 0.25) is 0 Å². The standard InChI is InChI=1S/C22H25N3O2/c1-15-9-10-16-5-2-3-8-20(16)25(15)14-21(26)23-19-7-4-6-17(13-19)22(27)24-18-11-12-18/h2-8,13,15,18H,9-12,14H2,1H3,(H,23,26)(H,24,27). The molecule has 5 nitrogen and oxygen atoms in total. The van der Waals surface area contributed by atoms with Crippen LogP contribution in [0.25, 0.3) is 0 Å². The number of hydrogen-bond acceptors (Lipinski definition) is 3. The largest absolute Gasteiger partial charge is 0.359 e. The molecule has 2 aromatic rings. The second-order valence-corrected chi connectivity index (χ2v) is 7.52. The highest BCUT2D eigenvalue weighted by atomic mass is 16.2. The summed E-state index contributed by atoms with van der Waals surface area (Å²) in [6, 6.07) is 16.1. The van der Waals surface area contributed by atoms with Crippen LogP contribution in [-0.4, -0.2) is 30.4 Å². The topological polar surface area (TPSA) is 61.4 Å². The summed E-state index contributed by atoms with van der Waals surface area (Å²) >= 11 is 0. The number of para-hydroxylation sites is 1. The molecule has 0 saturated heterocycles. The summed E-state index contributed by atoms with van der Waals surface area (Å²) in [6.07, 6.45) is 4.20. The number of hydrogen-bond donors (Lipinski definition) is 2. The molecule has 2 aliphatic rings. The average molecular weight is 363 g/mol. The van der Waals surface area contributed by atoms with Gasteiger partial charge >= 0.3 is 0 Å². The Bertz CT molecular complexity index is 860. The van der Waals surface area contributed by atoms with E-state index >= 15 is 0 Å². The summed E-state index contributed by atoms with van der Waals surface area (Å²) in [4.78, 5) is 27.0. The van der Waals surface area contributed by atoms with Gasteiger partial charge in [0.2, 0.25) is 5.91 Å². The summed E-state index contributed by atoms with van der Waals surface area (Å²) < 4.78 is 0. The summed E-state index contributed by atoms with van der Waals surface area (Å²) in [5.41, 5.74) is 3.67. The monoisotopic (exact) mass is 363 g/mol. The maximum Gasteiger partial charge on any atom is 0.251 e. The van der Waals surface area contributed by atoms with Crippen LogP contribution < -0.4 is 15.5 Å². The lowest BCUT2D eigenvalue weighted by atomic mass is 9.96. The smallest absolute Gasteiger partial charge is 0.251 e. The van der Waals surface area contributed by atoms with Gasteiger partial charge in [0.25, 0.3) is 5.91 Å². The number of carbonyl (C=O) groups is 2. The van der Waals surface area contributed by atoms with E-state index in [1.165, 1.54) is 5.56 Å². The van der Waals surface area contributed by atoms with E-state index in [4.69, 9.17) is 0 Å². The van der Waals surface area contributed by atoms with Gasteiger partial charge in [-0.1, -0.05) is 24.3 Å². The number of carbonyl (C=O) groups excluding carboxylic acids is 2. The Labute approximate surface area is 159 Å². The lowest BCUT2D eigenvalue weighted by Crippen LogP contribution is -2.42. The third-order valence-corrected chi connectivity index (χ3v) is 5.30. The first-order chi connectivity index (χ1) is 13.1. The molecule has 1 heterocycles. The number of aryl methyl sites for hydroxylation is 1. The second kappa shape index (κ2) is 7.43. The molecule has 0 radical (unpaired) electrons. The van der Waals surface area contributed by atoms with Crippen LogP contribution >= 0.6 is 0 Å². The van der Waals surface area contributed by atoms with Crippen molar-refractivity contribution in [2.75, 3.05) is 16.8 Å². The number of nitrogens with zero attached hydrogens (tertiary/aromatic N) is 1. The minimum absolute atomic E-state index is 0.0710. The molecule has 4 rings (SSSR count). The summed E-state index contributed by atoms with van der Waals surface area (Å²) in [7, 11) is 0. The van der Waals surface area contributed by atoms with Gasteiger partial charge in [-0.15, -0.1) is 0 Å². The zero-order valence-electron chi connectivity index (χ0n) is 15.6. The molecule has 2 N–H and O–H groups in total. The van der Waals surface area contributed by atoms with Gasteiger partial charge in [-0.3, -0.25) is 9.59 Å². The fraction of sp³-hybridized carbons (Fsp3) is 0.364. The van der Waals surface area contributed by atoms with Crippen molar-refractivity contribution in [3.63, 3.8) is 0 Å². The van der Waals surface area contributed by atoms with Crippen molar-refractivity contribution in [1.82, 2.24) is 5.32 Å². The van der Waals surface area contributed by atoms with E-state index in [1.54, 1.807) is 18.2 Å². The fourth-order valence-electron chi connectivity index (χ4n) is 3.59. The maximum absolute atomic E-state index is 12.7. The van der Waals surface area contributed by atoms with E-state index in [-0.39, 0.29) is 11.8 Å². The molecule has 0 aromatic heterocycles. The number of rotatable bonds is 5. The molecule has 1 fully saturated rings. The van der Waals surface area contributed by atoms with Gasteiger partial charge in [0.1, 0.15) is 0 Å². The van der Waals surface area contributed by atoms with Crippen LogP contribution in [0.3, 0.4) is 0 Å². The van der Waals surface area contributed by atoms with Crippen LogP contribution in [0.5, 0.6) is 0 Å². The van der Waals surface area contributed by atoms with Crippen LogP contribution in [0.15, 0.2) is 48.5 Å². The van der Waals surface area contributed by atoms with Crippen LogP contribution in [0, 0.1) is 0 Å². The fourth-order valence-corrected chi connectivity index (χ4v) is 3.59. The van der Waals surface area contributed by atoms with E-state index in [0.29, 0.717) is 29.9 Å². The lowest BCUT2D eigenvalue weighted by molar-refractivity contribution is -0.115. The number of anilines is 2. The molecule has 0 bridgehead atoms. The minimum Gasteiger partial charge on any atom is -0.359 e. The third kappa shape index (κ3) is 4.13. The van der Waals surface area contributed by atoms with Gasteiger partial charge in [-0.05, 0) is 62.4 Å². The highest BCUT2D eigenvalue weighted by Crippen LogP contribution is 2.30. The molecular weight excluding hydrogens is 338 g/mol. The van der Waals surface area contributed by atoms with Crippen LogP contribution in [-0.2, 0) is 11.2 Å². The quantitative estimate of drug-likeness (QED) is 0.856. The second-order valence-electron chi connectivity index (χ2n) is 7.52. The van der Waals surface area contributed by atoms with Gasteiger partial charge in [-0.25, -0.2) is 0 Å². The zero-order valence-corrected chi connectivity index (χ0v) is 15.6. The Morgan fingerprint density at radius 2 is 1.89 bits per heavy atom. The molecule has 1 aliphatic carbocycles. The molecule has 5 heteroatoms. The van der Waals surface area contributed by atoms with Gasteiger partial charge in [-0.2, -0.15) is 0 Å². The Kier molecular flexibility index (Phi) is 4.84. The van der Waals surface area contributed by atoms with Gasteiger partial charge in [0.15, 0.2) is 0 Å². The number of nitrogens with one attached hydrogen (secondary N) is 2. The third-order valence-electron chi connectivity index (χ3n) is 5.30. The van der Waals surface area contributed by atoms with E-state index in [2.05, 4.69) is 34.6 Å². The van der Waals surface area contributed by atoms with Crippen LogP contribution in [0.4, 0.5) is 11.4 Å². The van der Waals surface area contributed by atoms with Gasteiger partial charge < -0.3 is 15.5 Å². The highest BCUT2D eigenvalue weighted by Gasteiger charge is 2.25. The van der Waals surface area contributed by atoms with Gasteiger partial charge in [0, 0.05) is 29.0 Å². The predicted octanol–water partition coefficient (Wildman–Crippen LogP) is 3.36. The van der Waals surface area contributed by atoms with Gasteiger partial charge in [0.05, 0.1) is 6.54 Å². The molecule has 2 aromatic carbocycles. The number of amides is 2. The molecule has 1 saturated carbocycles. The molecule has 140 valence electrons. The lowest BCUT2D eigenvalue weighted by Gasteiger charge is -2.36. The Balaban J connectivity index is 1.43. The van der Waals surface area contributed by atoms with E-state index in [9.17, 15) is 9.59 Å². The molecule has 1 atom stereocenters. The van der Waals surface area contributed by atoms with Crippen molar-refractivity contribution in [2.45, 2.75) is 44.7 Å². The molecule has 2 amide bonds. The predicted molar refractivity (Wildman–Crippen MR) is 107 cm³/mol. The van der Waals surface area contributed by atoms with Crippen molar-refractivity contribution in [3.05, 3.63) is 59.7 Å². The summed E-state index contributed by atoms with van der Waals surface area (Å²) in [5.74, 6) is -0.148. The molecule has 27 heavy (non-hydrogen) atoms. The zero-order chi connectivity index (χ0) is 18.8. The normalized spacial score (nSPS) is 18.6. The van der Waals surface area contributed by atoms with Crippen molar-refractivity contribution in [2.24, 2.45) is 0 Å². The highest BCUT2D eigenvalue weighted by molar-refractivity contribution is 5.98. The summed E-state index contributed by atoms with van der Waals surface area (Å²) in [6.45, 7) is 2.46. The molecule has 1 unspecified atom stereocenters. The SMILES string of the molecule is CC1CCc2ccccc2N1CC(=O)Nc1cccc(C(=O)NC2CC2)c1. The molecule has 1 aliphatic heterocycles. The minimum atomic E-state index is -0.0767. The molecular formula is C22H25N3O2. The molecule has 0 spiro atoms. The maximum atomic E-state index is 12.7. The number of fused-ring (bicyclic) bond motifs is 1. The Morgan fingerprint density at radius 3 is 2.70 bits per heavy atom. The Hall–Kier alpha value is -2.82. The first kappa shape index (κ1) is 17.6. The van der Waals surface area contributed by atoms with E-state index < -0.39 is 0 Å². The first-order valence-electron chi connectivity index (χ1n) is 9.65. The van der Waals surface area contributed by atoms with Crippen molar-refractivity contribution < 1.29 is 9.59 Å². The Morgan fingerprint density at radius 1 is 1.07 bits per heavy atom. The van der Waals surface area contributed by atoms with E-state index in [0.717, 1.165) is 31.4 Å². The van der Waals surface area contributed by atoms with Crippen molar-refractivity contribution in [1.29, 1.82) is 0 Å². The van der Waals surface area contributed by atoms with Crippen molar-refractivity contribution in [3.8, 4) is 0 Å². The number of benzene rings is 2. The average Bonchev–Trinajstić information content (AvgIpc) is 3.48. The summed E-state index contributed by atoms with van der Waals surface area (Å²) in [5, 5.41) is 5.92.